The number of carbonyl (C=O) groups excluding carboxylic acids is 2. The van der Waals surface area contributed by atoms with Crippen LogP contribution in [-0.2, 0) is 4.79 Å². The number of rotatable bonds is 8. The molecule has 2 aromatic carbocycles. The summed E-state index contributed by atoms with van der Waals surface area (Å²) in [5.74, 6) is -0.125. The topological polar surface area (TPSA) is 162 Å². The number of nitro benzene ring substituents is 1. The zero-order valence-corrected chi connectivity index (χ0v) is 20.8. The fourth-order valence-corrected chi connectivity index (χ4v) is 4.19. The molecule has 2 heterocycles. The van der Waals surface area contributed by atoms with Crippen molar-refractivity contribution < 1.29 is 24.4 Å². The number of aliphatic imine (C=N–C) groups is 1. The molecule has 3 N–H and O–H groups in total. The molecule has 0 bridgehead atoms. The summed E-state index contributed by atoms with van der Waals surface area (Å²) in [6.45, 7) is -0.258. The maximum absolute atomic E-state index is 12.7. The summed E-state index contributed by atoms with van der Waals surface area (Å²) >= 11 is 12.0. The first-order chi connectivity index (χ1) is 17.6. The summed E-state index contributed by atoms with van der Waals surface area (Å²) in [6.07, 6.45) is -0.535. The number of aliphatic hydroxyl groups is 1. The summed E-state index contributed by atoms with van der Waals surface area (Å²) in [4.78, 5) is 42.2. The number of nitrogens with one attached hydrogen (secondary N) is 2. The Kier molecular flexibility index (Phi) is 7.76. The van der Waals surface area contributed by atoms with E-state index in [2.05, 4.69) is 20.8 Å². The number of hydrazone groups is 1. The standard InChI is InChI=1S/C22H21Cl2N7O6/c1-29-19-18(20(33)27-22(29)34)30(10-15(32)11-37-17-7-4-13(23)8-16(17)24)21(26-19)28-25-9-12-2-5-14(6-3-12)31(35)36/h2-9,15,18-19,32H,10-11H2,1H3,(H,26,28)(H,27,33,34)/b25-9-. The fourth-order valence-electron chi connectivity index (χ4n) is 3.72. The molecule has 3 unspecified atom stereocenters. The Balaban J connectivity index is 1.48. The van der Waals surface area contributed by atoms with Crippen molar-refractivity contribution in [1.82, 2.24) is 20.5 Å². The van der Waals surface area contributed by atoms with Gasteiger partial charge in [0.05, 0.1) is 22.7 Å². The highest BCUT2D eigenvalue weighted by Gasteiger charge is 2.49. The number of β-amino-alcohol motifs (C(OH)–C–C–N with tert-alkyl or cyclic N) is 1. The van der Waals surface area contributed by atoms with Crippen LogP contribution in [0.4, 0.5) is 10.5 Å². The lowest BCUT2D eigenvalue weighted by Gasteiger charge is -2.36. The Labute approximate surface area is 220 Å². The first-order valence-electron chi connectivity index (χ1n) is 10.9. The molecule has 4 rings (SSSR count). The number of benzene rings is 2. The molecule has 1 saturated heterocycles. The molecule has 0 aromatic heterocycles. The van der Waals surface area contributed by atoms with Gasteiger partial charge in [-0.25, -0.2) is 15.2 Å². The maximum Gasteiger partial charge on any atom is 0.325 e. The van der Waals surface area contributed by atoms with Crippen molar-refractivity contribution in [2.45, 2.75) is 18.3 Å². The minimum Gasteiger partial charge on any atom is -0.489 e. The highest BCUT2D eigenvalue weighted by Crippen LogP contribution is 2.28. The fraction of sp³-hybridized carbons (Fsp3) is 0.273. The van der Waals surface area contributed by atoms with E-state index < -0.39 is 35.2 Å². The summed E-state index contributed by atoms with van der Waals surface area (Å²) in [5.41, 5.74) is 3.24. The molecule has 3 atom stereocenters. The number of likely N-dealkylation sites (N-methyl/N-ethyl adjacent to an activating group) is 1. The quantitative estimate of drug-likeness (QED) is 0.255. The molecular weight excluding hydrogens is 529 g/mol. The number of amides is 3. The number of hydrogen-bond acceptors (Lipinski definition) is 10. The van der Waals surface area contributed by atoms with Gasteiger partial charge in [0.1, 0.15) is 18.5 Å². The number of nitrogens with zero attached hydrogens (tertiary/aromatic N) is 5. The molecule has 13 nitrogen and oxygen atoms in total. The van der Waals surface area contributed by atoms with E-state index in [4.69, 9.17) is 27.9 Å². The number of hydrogen-bond donors (Lipinski definition) is 3. The molecule has 194 valence electrons. The highest BCUT2D eigenvalue weighted by molar-refractivity contribution is 6.35. The van der Waals surface area contributed by atoms with E-state index >= 15 is 0 Å². The van der Waals surface area contributed by atoms with Crippen LogP contribution in [0.15, 0.2) is 52.6 Å². The van der Waals surface area contributed by atoms with Crippen molar-refractivity contribution in [3.05, 3.63) is 68.2 Å². The van der Waals surface area contributed by atoms with Crippen LogP contribution < -0.4 is 15.5 Å². The number of aliphatic hydroxyl groups excluding tert-OH is 1. The molecule has 0 radical (unpaired) electrons. The van der Waals surface area contributed by atoms with Crippen molar-refractivity contribution in [1.29, 1.82) is 0 Å². The van der Waals surface area contributed by atoms with Gasteiger partial charge >= 0.3 is 6.03 Å². The lowest BCUT2D eigenvalue weighted by molar-refractivity contribution is -0.384. The van der Waals surface area contributed by atoms with Crippen LogP contribution in [0.5, 0.6) is 5.75 Å². The predicted octanol–water partition coefficient (Wildman–Crippen LogP) is 1.81. The van der Waals surface area contributed by atoms with Gasteiger partial charge in [-0.15, -0.1) is 0 Å². The highest BCUT2D eigenvalue weighted by atomic mass is 35.5. The van der Waals surface area contributed by atoms with Crippen molar-refractivity contribution >= 4 is 53.0 Å². The van der Waals surface area contributed by atoms with Gasteiger partial charge in [-0.05, 0) is 35.9 Å². The van der Waals surface area contributed by atoms with Crippen LogP contribution in [0.2, 0.25) is 10.0 Å². The number of guanidine groups is 1. The van der Waals surface area contributed by atoms with E-state index in [1.54, 1.807) is 12.1 Å². The Hall–Kier alpha value is -3.94. The molecule has 0 saturated carbocycles. The number of urea groups is 1. The molecular formula is C22H21Cl2N7O6. The van der Waals surface area contributed by atoms with Crippen molar-refractivity contribution in [3.63, 3.8) is 0 Å². The van der Waals surface area contributed by atoms with Gasteiger partial charge in [-0.1, -0.05) is 23.2 Å². The van der Waals surface area contributed by atoms with Crippen molar-refractivity contribution in [3.8, 4) is 5.75 Å². The van der Waals surface area contributed by atoms with Crippen LogP contribution in [0, 0.1) is 10.1 Å². The zero-order valence-electron chi connectivity index (χ0n) is 19.2. The number of non-ortho nitro benzene ring substituents is 1. The zero-order chi connectivity index (χ0) is 26.7. The Bertz CT molecular complexity index is 1270. The second-order valence-corrected chi connectivity index (χ2v) is 8.97. The lowest BCUT2D eigenvalue weighted by atomic mass is 10.1. The first-order valence-corrected chi connectivity index (χ1v) is 11.6. The average molecular weight is 550 g/mol. The van der Waals surface area contributed by atoms with Crippen molar-refractivity contribution in [2.75, 3.05) is 20.2 Å². The van der Waals surface area contributed by atoms with E-state index in [1.807, 2.05) is 0 Å². The second-order valence-electron chi connectivity index (χ2n) is 8.13. The largest absolute Gasteiger partial charge is 0.489 e. The number of halogens is 2. The lowest BCUT2D eigenvalue weighted by Crippen LogP contribution is -2.64. The van der Waals surface area contributed by atoms with Crippen LogP contribution >= 0.6 is 23.2 Å². The summed E-state index contributed by atoms with van der Waals surface area (Å²) in [5, 5.41) is 28.6. The van der Waals surface area contributed by atoms with E-state index in [9.17, 15) is 24.8 Å². The summed E-state index contributed by atoms with van der Waals surface area (Å²) < 4.78 is 5.60. The molecule has 37 heavy (non-hydrogen) atoms. The van der Waals surface area contributed by atoms with Crippen LogP contribution in [-0.4, -0.2) is 82.5 Å². The second kappa shape index (κ2) is 11.0. The van der Waals surface area contributed by atoms with Crippen LogP contribution in [0.25, 0.3) is 0 Å². The monoisotopic (exact) mass is 549 g/mol. The Morgan fingerprint density at radius 1 is 1.30 bits per heavy atom. The van der Waals surface area contributed by atoms with Gasteiger partial charge in [-0.3, -0.25) is 20.2 Å². The van der Waals surface area contributed by atoms with Gasteiger partial charge < -0.3 is 19.6 Å². The Morgan fingerprint density at radius 2 is 2.03 bits per heavy atom. The SMILES string of the molecule is CN1C(=O)NC(=O)C2C1N=C(N/N=C\c1ccc([N+](=O)[O-])cc1)N2CC(O)COc1ccc(Cl)cc1Cl. The first kappa shape index (κ1) is 26.1. The summed E-state index contributed by atoms with van der Waals surface area (Å²) in [7, 11) is 1.49. The van der Waals surface area contributed by atoms with Crippen molar-refractivity contribution in [2.24, 2.45) is 10.1 Å². The van der Waals surface area contributed by atoms with E-state index in [1.165, 1.54) is 53.4 Å². The van der Waals surface area contributed by atoms with Gasteiger partial charge in [0.2, 0.25) is 5.96 Å². The van der Waals surface area contributed by atoms with Crippen LogP contribution in [0.1, 0.15) is 5.56 Å². The van der Waals surface area contributed by atoms with Gasteiger partial charge in [0.15, 0.2) is 12.2 Å². The number of carbonyl (C=O) groups is 2. The van der Waals surface area contributed by atoms with Gasteiger partial charge in [0.25, 0.3) is 11.6 Å². The van der Waals surface area contributed by atoms with E-state index in [0.717, 1.165) is 0 Å². The number of nitro groups is 1. The maximum atomic E-state index is 12.7. The number of fused-ring (bicyclic) bond motifs is 1. The molecule has 2 aliphatic heterocycles. The molecule has 2 aliphatic rings. The van der Waals surface area contributed by atoms with E-state index in [0.29, 0.717) is 16.3 Å². The smallest absolute Gasteiger partial charge is 0.325 e. The van der Waals surface area contributed by atoms with Crippen LogP contribution in [0.3, 0.4) is 0 Å². The third kappa shape index (κ3) is 5.90. The normalized spacial score (nSPS) is 19.9. The third-order valence-electron chi connectivity index (χ3n) is 5.58. The van der Waals surface area contributed by atoms with E-state index in [-0.39, 0.29) is 29.8 Å². The molecule has 3 amide bonds. The molecule has 0 aliphatic carbocycles. The Morgan fingerprint density at radius 3 is 2.70 bits per heavy atom. The molecule has 0 spiro atoms. The molecule has 15 heteroatoms. The minimum atomic E-state index is -1.09. The predicted molar refractivity (Wildman–Crippen MR) is 135 cm³/mol. The average Bonchev–Trinajstić information content (AvgIpc) is 3.21. The summed E-state index contributed by atoms with van der Waals surface area (Å²) in [6, 6.07) is 8.84. The number of imide groups is 1. The molecule has 1 fully saturated rings. The number of ether oxygens (including phenoxy) is 1. The third-order valence-corrected chi connectivity index (χ3v) is 6.11. The minimum absolute atomic E-state index is 0.0599. The van der Waals surface area contributed by atoms with Gasteiger partial charge in [0, 0.05) is 24.2 Å². The van der Waals surface area contributed by atoms with Gasteiger partial charge in [-0.2, -0.15) is 5.10 Å². The molecule has 2 aromatic rings.